The van der Waals surface area contributed by atoms with Gasteiger partial charge in [-0.25, -0.2) is 0 Å². The first kappa shape index (κ1) is 24.1. The summed E-state index contributed by atoms with van der Waals surface area (Å²) in [6.07, 6.45) is 0. The van der Waals surface area contributed by atoms with Crippen LogP contribution in [0.5, 0.6) is 0 Å². The van der Waals surface area contributed by atoms with Crippen LogP contribution in [0.3, 0.4) is 0 Å². The van der Waals surface area contributed by atoms with E-state index in [0.717, 1.165) is 43.9 Å². The summed E-state index contributed by atoms with van der Waals surface area (Å²) in [5, 5.41) is 0. The van der Waals surface area contributed by atoms with Crippen LogP contribution in [-0.2, 0) is 9.59 Å². The number of carbonyl (C=O) groups excluding carboxylic acids is 2. The Morgan fingerprint density at radius 1 is 0.606 bits per heavy atom. The molecule has 0 radical (unpaired) electrons. The molecule has 7 heteroatoms. The molecule has 2 aromatic carbocycles. The third-order valence-electron chi connectivity index (χ3n) is 5.33. The van der Waals surface area contributed by atoms with Crippen molar-refractivity contribution in [2.75, 3.05) is 23.9 Å². The Bertz CT molecular complexity index is 1110. The van der Waals surface area contributed by atoms with Crippen molar-refractivity contribution in [2.45, 2.75) is 27.7 Å². The molecule has 0 unspecified atom stereocenters. The van der Waals surface area contributed by atoms with Crippen LogP contribution < -0.4 is 9.80 Å². The highest BCUT2D eigenvalue weighted by molar-refractivity contribution is 7.16. The van der Waals surface area contributed by atoms with Gasteiger partial charge in [0, 0.05) is 49.1 Å². The largest absolute Gasteiger partial charge is 0.316 e. The monoisotopic (exact) mass is 460 g/mol. The fraction of sp³-hybridized carbons (Fsp3) is 0.231. The van der Waals surface area contributed by atoms with E-state index in [1.807, 2.05) is 62.4 Å². The smallest absolute Gasteiger partial charge is 0.223 e. The van der Waals surface area contributed by atoms with Crippen molar-refractivity contribution in [2.24, 2.45) is 9.98 Å². The molecule has 3 rings (SSSR count). The number of thiophene rings is 1. The van der Waals surface area contributed by atoms with Gasteiger partial charge in [0.1, 0.15) is 0 Å². The average Bonchev–Trinajstić information content (AvgIpc) is 3.30. The van der Waals surface area contributed by atoms with Crippen LogP contribution in [-0.4, -0.2) is 37.3 Å². The first-order valence-electron chi connectivity index (χ1n) is 10.6. The molecule has 0 spiro atoms. The molecule has 170 valence electrons. The maximum atomic E-state index is 11.5. The standard InChI is InChI=1S/C26H28N4O2S/c1-17(27-21-7-11-23(12-8-21)29(5)19(3)31)25-15-16-26(33-25)18(2)28-22-9-13-24(14-10-22)30(6)20(4)32/h7-16H,1-6H3. The third-order valence-corrected chi connectivity index (χ3v) is 6.63. The van der Waals surface area contributed by atoms with Gasteiger partial charge in [-0.3, -0.25) is 19.6 Å². The zero-order valence-corrected chi connectivity index (χ0v) is 20.6. The van der Waals surface area contributed by atoms with Crippen molar-refractivity contribution in [1.29, 1.82) is 0 Å². The lowest BCUT2D eigenvalue weighted by atomic mass is 10.2. The second-order valence-electron chi connectivity index (χ2n) is 7.75. The molecular weight excluding hydrogens is 432 g/mol. The number of amides is 2. The number of anilines is 2. The summed E-state index contributed by atoms with van der Waals surface area (Å²) < 4.78 is 0. The quantitative estimate of drug-likeness (QED) is 0.424. The predicted octanol–water partition coefficient (Wildman–Crippen LogP) is 5.99. The van der Waals surface area contributed by atoms with Crippen molar-refractivity contribution in [1.82, 2.24) is 0 Å². The van der Waals surface area contributed by atoms with E-state index in [1.54, 1.807) is 35.2 Å². The first-order chi connectivity index (χ1) is 15.7. The van der Waals surface area contributed by atoms with Crippen molar-refractivity contribution in [3.05, 3.63) is 70.4 Å². The molecule has 0 saturated heterocycles. The molecule has 6 nitrogen and oxygen atoms in total. The second kappa shape index (κ2) is 10.4. The van der Waals surface area contributed by atoms with Gasteiger partial charge in [-0.1, -0.05) is 0 Å². The topological polar surface area (TPSA) is 65.3 Å². The lowest BCUT2D eigenvalue weighted by Gasteiger charge is -2.14. The Labute approximate surface area is 198 Å². The number of benzene rings is 2. The molecular formula is C26H28N4O2S. The molecule has 0 bridgehead atoms. The molecule has 0 saturated carbocycles. The number of aliphatic imine (C=N–C) groups is 2. The lowest BCUT2D eigenvalue weighted by molar-refractivity contribution is -0.117. The third kappa shape index (κ3) is 6.02. The van der Waals surface area contributed by atoms with E-state index in [0.29, 0.717) is 0 Å². The Morgan fingerprint density at radius 2 is 0.939 bits per heavy atom. The summed E-state index contributed by atoms with van der Waals surface area (Å²) >= 11 is 1.64. The van der Waals surface area contributed by atoms with E-state index in [4.69, 9.17) is 9.98 Å². The highest BCUT2D eigenvalue weighted by Gasteiger charge is 2.09. The summed E-state index contributed by atoms with van der Waals surface area (Å²) in [4.78, 5) is 37.8. The van der Waals surface area contributed by atoms with E-state index in [-0.39, 0.29) is 11.8 Å². The summed E-state index contributed by atoms with van der Waals surface area (Å²) in [6.45, 7) is 7.06. The van der Waals surface area contributed by atoms with Crippen molar-refractivity contribution < 1.29 is 9.59 Å². The number of rotatable bonds is 6. The van der Waals surface area contributed by atoms with Crippen LogP contribution >= 0.6 is 11.3 Å². The van der Waals surface area contributed by atoms with Crippen molar-refractivity contribution in [3.63, 3.8) is 0 Å². The molecule has 1 heterocycles. The van der Waals surface area contributed by atoms with Gasteiger partial charge >= 0.3 is 0 Å². The van der Waals surface area contributed by atoms with E-state index in [1.165, 1.54) is 13.8 Å². The van der Waals surface area contributed by atoms with Gasteiger partial charge < -0.3 is 9.80 Å². The zero-order valence-electron chi connectivity index (χ0n) is 19.8. The first-order valence-corrected chi connectivity index (χ1v) is 11.4. The normalized spacial score (nSPS) is 11.9. The summed E-state index contributed by atoms with van der Waals surface area (Å²) in [5.41, 5.74) is 5.19. The molecule has 2 amide bonds. The van der Waals surface area contributed by atoms with Crippen LogP contribution in [0.4, 0.5) is 22.7 Å². The predicted molar refractivity (Wildman–Crippen MR) is 139 cm³/mol. The molecule has 0 aliphatic carbocycles. The van der Waals surface area contributed by atoms with Crippen LogP contribution in [0.25, 0.3) is 0 Å². The van der Waals surface area contributed by atoms with Crippen LogP contribution in [0.1, 0.15) is 37.4 Å². The van der Waals surface area contributed by atoms with Gasteiger partial charge in [0.2, 0.25) is 11.8 Å². The SMILES string of the molecule is CC(=O)N(C)c1ccc(N=C(C)c2ccc(C(C)=Nc3ccc(N(C)C(C)=O)cc3)s2)cc1. The molecule has 0 aliphatic heterocycles. The van der Waals surface area contributed by atoms with E-state index >= 15 is 0 Å². The van der Waals surface area contributed by atoms with E-state index in [2.05, 4.69) is 12.1 Å². The van der Waals surface area contributed by atoms with Gasteiger partial charge in [-0.05, 0) is 74.5 Å². The Balaban J connectivity index is 1.74. The number of nitrogens with zero attached hydrogens (tertiary/aromatic N) is 4. The summed E-state index contributed by atoms with van der Waals surface area (Å²) in [6, 6.07) is 19.3. The van der Waals surface area contributed by atoms with Gasteiger partial charge in [0.25, 0.3) is 0 Å². The highest BCUT2D eigenvalue weighted by Crippen LogP contribution is 2.25. The maximum Gasteiger partial charge on any atom is 0.223 e. The van der Waals surface area contributed by atoms with Crippen LogP contribution in [0.15, 0.2) is 70.6 Å². The number of hydrogen-bond donors (Lipinski definition) is 0. The molecule has 33 heavy (non-hydrogen) atoms. The van der Waals surface area contributed by atoms with E-state index < -0.39 is 0 Å². The minimum absolute atomic E-state index is 0.00933. The molecule has 0 atom stereocenters. The molecule has 0 N–H and O–H groups in total. The van der Waals surface area contributed by atoms with Crippen LogP contribution in [0.2, 0.25) is 0 Å². The molecule has 0 aliphatic rings. The Hall–Kier alpha value is -3.58. The average molecular weight is 461 g/mol. The maximum absolute atomic E-state index is 11.5. The van der Waals surface area contributed by atoms with Gasteiger partial charge in [0.15, 0.2) is 0 Å². The van der Waals surface area contributed by atoms with E-state index in [9.17, 15) is 9.59 Å². The summed E-state index contributed by atoms with van der Waals surface area (Å²) in [7, 11) is 3.50. The van der Waals surface area contributed by atoms with Crippen molar-refractivity contribution in [3.8, 4) is 0 Å². The van der Waals surface area contributed by atoms with Crippen LogP contribution in [0, 0.1) is 0 Å². The van der Waals surface area contributed by atoms with Crippen molar-refractivity contribution >= 4 is 57.3 Å². The van der Waals surface area contributed by atoms with Gasteiger partial charge in [-0.2, -0.15) is 0 Å². The number of hydrogen-bond acceptors (Lipinski definition) is 5. The molecule has 0 fully saturated rings. The zero-order chi connectivity index (χ0) is 24.1. The van der Waals surface area contributed by atoms with Gasteiger partial charge in [0.05, 0.1) is 22.8 Å². The minimum atomic E-state index is -0.00933. The fourth-order valence-electron chi connectivity index (χ4n) is 3.09. The Morgan fingerprint density at radius 3 is 1.24 bits per heavy atom. The number of carbonyl (C=O) groups is 2. The minimum Gasteiger partial charge on any atom is -0.316 e. The second-order valence-corrected chi connectivity index (χ2v) is 8.83. The molecule has 1 aromatic heterocycles. The highest BCUT2D eigenvalue weighted by atomic mass is 32.1. The Kier molecular flexibility index (Phi) is 7.55. The lowest BCUT2D eigenvalue weighted by Crippen LogP contribution is -2.22. The van der Waals surface area contributed by atoms with Gasteiger partial charge in [-0.15, -0.1) is 11.3 Å². The molecule has 3 aromatic rings. The fourth-order valence-corrected chi connectivity index (χ4v) is 3.99. The summed E-state index contributed by atoms with van der Waals surface area (Å²) in [5.74, 6) is -0.0187.